The van der Waals surface area contributed by atoms with Crippen LogP contribution < -0.4 is 14.2 Å². The lowest BCUT2D eigenvalue weighted by Gasteiger charge is -2.34. The molecule has 28 heavy (non-hydrogen) atoms. The highest BCUT2D eigenvalue weighted by molar-refractivity contribution is 5.80. The van der Waals surface area contributed by atoms with E-state index in [1.165, 1.54) is 7.11 Å². The van der Waals surface area contributed by atoms with E-state index in [0.29, 0.717) is 35.5 Å². The first-order valence-electron chi connectivity index (χ1n) is 9.60. The third-order valence-corrected chi connectivity index (χ3v) is 4.92. The third kappa shape index (κ3) is 5.78. The maximum absolute atomic E-state index is 12.3. The van der Waals surface area contributed by atoms with Crippen LogP contribution in [0.25, 0.3) is 0 Å². The van der Waals surface area contributed by atoms with E-state index in [1.54, 1.807) is 31.3 Å². The second-order valence-corrected chi connectivity index (χ2v) is 7.44. The Kier molecular flexibility index (Phi) is 7.96. The molecule has 1 heterocycles. The summed E-state index contributed by atoms with van der Waals surface area (Å²) in [6.07, 6.45) is 1.73. The van der Waals surface area contributed by atoms with Crippen LogP contribution in [-0.2, 0) is 20.7 Å². The first-order valence-corrected chi connectivity index (χ1v) is 9.60. The number of hydrogen-bond acceptors (Lipinski definition) is 6. The highest BCUT2D eigenvalue weighted by Crippen LogP contribution is 2.38. The summed E-state index contributed by atoms with van der Waals surface area (Å²) in [5.74, 6) is 2.00. The average molecular weight is 393 g/mol. The molecule has 2 rings (SSSR count). The number of methoxy groups -OCH3 is 3. The fourth-order valence-corrected chi connectivity index (χ4v) is 3.70. The van der Waals surface area contributed by atoms with Crippen LogP contribution in [0, 0.1) is 11.8 Å². The molecule has 7 heteroatoms. The van der Waals surface area contributed by atoms with Crippen LogP contribution in [-0.4, -0.2) is 57.8 Å². The lowest BCUT2D eigenvalue weighted by Crippen LogP contribution is -2.44. The van der Waals surface area contributed by atoms with Crippen molar-refractivity contribution in [2.24, 2.45) is 11.8 Å². The summed E-state index contributed by atoms with van der Waals surface area (Å²) in [6.45, 7) is 5.53. The number of carbonyl (C=O) groups is 2. The van der Waals surface area contributed by atoms with Crippen molar-refractivity contribution in [3.05, 3.63) is 17.7 Å². The van der Waals surface area contributed by atoms with Gasteiger partial charge in [0.05, 0.1) is 21.3 Å². The smallest absolute Gasteiger partial charge is 0.306 e. The van der Waals surface area contributed by atoms with Crippen molar-refractivity contribution >= 4 is 11.9 Å². The molecular formula is C21H31NO6. The topological polar surface area (TPSA) is 74.3 Å². The Morgan fingerprint density at radius 3 is 2.07 bits per heavy atom. The zero-order valence-electron chi connectivity index (χ0n) is 17.4. The molecular weight excluding hydrogens is 362 g/mol. The molecule has 0 N–H and O–H groups in total. The maximum atomic E-state index is 12.3. The number of rotatable bonds is 8. The minimum atomic E-state index is -0.403. The molecule has 2 unspecified atom stereocenters. The van der Waals surface area contributed by atoms with Crippen LogP contribution in [0.15, 0.2) is 12.1 Å². The number of piperidine rings is 1. The fourth-order valence-electron chi connectivity index (χ4n) is 3.70. The first-order chi connectivity index (χ1) is 13.4. The van der Waals surface area contributed by atoms with Crippen LogP contribution in [0.4, 0.5) is 0 Å². The Morgan fingerprint density at radius 2 is 1.57 bits per heavy atom. The molecule has 1 aromatic carbocycles. The summed E-state index contributed by atoms with van der Waals surface area (Å²) in [4.78, 5) is 26.2. The number of amides is 1. The molecule has 0 aliphatic carbocycles. The van der Waals surface area contributed by atoms with E-state index in [4.69, 9.17) is 18.9 Å². The van der Waals surface area contributed by atoms with Crippen LogP contribution >= 0.6 is 0 Å². The number of benzene rings is 1. The van der Waals surface area contributed by atoms with Gasteiger partial charge in [-0.1, -0.05) is 13.8 Å². The molecule has 7 nitrogen and oxygen atoms in total. The monoisotopic (exact) mass is 393 g/mol. The highest BCUT2D eigenvalue weighted by atomic mass is 16.5. The minimum absolute atomic E-state index is 0.125. The number of hydrogen-bond donors (Lipinski definition) is 0. The molecule has 0 spiro atoms. The Bertz CT molecular complexity index is 654. The van der Waals surface area contributed by atoms with Gasteiger partial charge in [0.2, 0.25) is 5.75 Å². The van der Waals surface area contributed by atoms with Gasteiger partial charge in [-0.2, -0.15) is 0 Å². The molecule has 0 bridgehead atoms. The van der Waals surface area contributed by atoms with Gasteiger partial charge in [0.25, 0.3) is 5.91 Å². The Hall–Kier alpha value is -2.44. The predicted octanol–water partition coefficient (Wildman–Crippen LogP) is 2.69. The summed E-state index contributed by atoms with van der Waals surface area (Å²) < 4.78 is 21.1. The van der Waals surface area contributed by atoms with Gasteiger partial charge in [-0.3, -0.25) is 9.59 Å². The summed E-state index contributed by atoms with van der Waals surface area (Å²) in [7, 11) is 4.63. The largest absolute Gasteiger partial charge is 0.493 e. The zero-order chi connectivity index (χ0) is 20.7. The Morgan fingerprint density at radius 1 is 1.00 bits per heavy atom. The molecule has 0 saturated carbocycles. The molecule has 1 amide bonds. The Labute approximate surface area is 166 Å². The van der Waals surface area contributed by atoms with Crippen molar-refractivity contribution in [1.82, 2.24) is 4.90 Å². The molecule has 156 valence electrons. The number of aryl methyl sites for hydroxylation is 1. The van der Waals surface area contributed by atoms with Crippen molar-refractivity contribution in [2.75, 3.05) is 41.0 Å². The minimum Gasteiger partial charge on any atom is -0.493 e. The van der Waals surface area contributed by atoms with Crippen molar-refractivity contribution in [2.45, 2.75) is 33.1 Å². The van der Waals surface area contributed by atoms with E-state index >= 15 is 0 Å². The van der Waals surface area contributed by atoms with Gasteiger partial charge in [-0.25, -0.2) is 0 Å². The quantitative estimate of drug-likeness (QED) is 0.632. The zero-order valence-corrected chi connectivity index (χ0v) is 17.4. The van der Waals surface area contributed by atoms with E-state index in [-0.39, 0.29) is 18.9 Å². The number of carbonyl (C=O) groups excluding carboxylic acids is 2. The molecule has 0 radical (unpaired) electrons. The van der Waals surface area contributed by atoms with Gasteiger partial charge in [0.15, 0.2) is 18.1 Å². The lowest BCUT2D eigenvalue weighted by atomic mass is 9.92. The van der Waals surface area contributed by atoms with Gasteiger partial charge < -0.3 is 23.8 Å². The molecule has 1 aliphatic heterocycles. The normalized spacial score (nSPS) is 19.1. The second-order valence-electron chi connectivity index (χ2n) is 7.44. The van der Waals surface area contributed by atoms with Crippen LogP contribution in [0.5, 0.6) is 17.2 Å². The lowest BCUT2D eigenvalue weighted by molar-refractivity contribution is -0.153. The molecule has 0 aromatic heterocycles. The third-order valence-electron chi connectivity index (χ3n) is 4.92. The van der Waals surface area contributed by atoms with Crippen molar-refractivity contribution in [3.8, 4) is 17.2 Å². The highest BCUT2D eigenvalue weighted by Gasteiger charge is 2.26. The molecule has 1 saturated heterocycles. The van der Waals surface area contributed by atoms with Gasteiger partial charge in [0.1, 0.15) is 0 Å². The van der Waals surface area contributed by atoms with E-state index in [2.05, 4.69) is 13.8 Å². The average Bonchev–Trinajstić information content (AvgIpc) is 2.68. The van der Waals surface area contributed by atoms with Gasteiger partial charge in [0, 0.05) is 19.5 Å². The SMILES string of the molecule is COc1cc(CCC(=O)OCC(=O)N2CC(C)CC(C)C2)cc(OC)c1OC. The summed E-state index contributed by atoms with van der Waals surface area (Å²) in [5, 5.41) is 0. The summed E-state index contributed by atoms with van der Waals surface area (Å²) in [5.41, 5.74) is 0.858. The van der Waals surface area contributed by atoms with Crippen LogP contribution in [0.1, 0.15) is 32.3 Å². The summed E-state index contributed by atoms with van der Waals surface area (Å²) in [6, 6.07) is 3.60. The second kappa shape index (κ2) is 10.2. The maximum Gasteiger partial charge on any atom is 0.306 e. The molecule has 1 aliphatic rings. The first kappa shape index (κ1) is 21.9. The number of nitrogens with zero attached hydrogens (tertiary/aromatic N) is 1. The van der Waals surface area contributed by atoms with Gasteiger partial charge >= 0.3 is 5.97 Å². The van der Waals surface area contributed by atoms with E-state index in [1.807, 2.05) is 0 Å². The van der Waals surface area contributed by atoms with E-state index in [9.17, 15) is 9.59 Å². The van der Waals surface area contributed by atoms with Gasteiger partial charge in [-0.15, -0.1) is 0 Å². The number of ether oxygens (including phenoxy) is 4. The molecule has 2 atom stereocenters. The predicted molar refractivity (Wildman–Crippen MR) is 105 cm³/mol. The summed E-state index contributed by atoms with van der Waals surface area (Å²) >= 11 is 0. The molecule has 1 fully saturated rings. The van der Waals surface area contributed by atoms with Crippen molar-refractivity contribution < 1.29 is 28.5 Å². The number of likely N-dealkylation sites (tertiary alicyclic amines) is 1. The van der Waals surface area contributed by atoms with Crippen LogP contribution in [0.2, 0.25) is 0 Å². The van der Waals surface area contributed by atoms with E-state index in [0.717, 1.165) is 25.1 Å². The van der Waals surface area contributed by atoms with E-state index < -0.39 is 5.97 Å². The number of esters is 1. The Balaban J connectivity index is 1.86. The molecule has 1 aromatic rings. The fraction of sp³-hybridized carbons (Fsp3) is 0.619. The standard InChI is InChI=1S/C21H31NO6/c1-14-8-15(2)12-22(11-14)19(23)13-28-20(24)7-6-16-9-17(25-3)21(27-5)18(10-16)26-4/h9-10,14-15H,6-8,11-13H2,1-5H3. The van der Waals surface area contributed by atoms with Crippen molar-refractivity contribution in [3.63, 3.8) is 0 Å². The van der Waals surface area contributed by atoms with Crippen LogP contribution in [0.3, 0.4) is 0 Å². The van der Waals surface area contributed by atoms with Gasteiger partial charge in [-0.05, 0) is 42.4 Å². The van der Waals surface area contributed by atoms with Crippen molar-refractivity contribution in [1.29, 1.82) is 0 Å².